The van der Waals surface area contributed by atoms with Crippen LogP contribution in [0.4, 0.5) is 5.82 Å². The van der Waals surface area contributed by atoms with Crippen LogP contribution in [0.15, 0.2) is 18.3 Å². The van der Waals surface area contributed by atoms with E-state index in [1.165, 1.54) is 0 Å². The van der Waals surface area contributed by atoms with Crippen molar-refractivity contribution in [2.75, 3.05) is 39.0 Å². The van der Waals surface area contributed by atoms with E-state index in [1.54, 1.807) is 19.0 Å². The molecule has 1 heterocycles. The number of carbonyl (C=O) groups excluding carboxylic acids is 1. The van der Waals surface area contributed by atoms with Crippen molar-refractivity contribution < 1.29 is 4.79 Å². The van der Waals surface area contributed by atoms with Gasteiger partial charge in [-0.25, -0.2) is 4.98 Å². The molecule has 20 heavy (non-hydrogen) atoms. The van der Waals surface area contributed by atoms with Crippen molar-refractivity contribution in [1.82, 2.24) is 14.8 Å². The monoisotopic (exact) mass is 278 g/mol. The van der Waals surface area contributed by atoms with Gasteiger partial charge in [-0.1, -0.05) is 13.0 Å². The number of aromatic nitrogens is 1. The van der Waals surface area contributed by atoms with Crippen molar-refractivity contribution in [1.29, 1.82) is 0 Å². The molecule has 0 aromatic carbocycles. The molecule has 1 N–H and O–H groups in total. The fourth-order valence-corrected chi connectivity index (χ4v) is 1.92. The minimum atomic E-state index is 0.135. The number of hydrogen-bond acceptors (Lipinski definition) is 4. The Labute approximate surface area is 122 Å². The predicted octanol–water partition coefficient (Wildman–Crippen LogP) is 1.81. The summed E-state index contributed by atoms with van der Waals surface area (Å²) in [6.45, 7) is 7.16. The molecule has 5 heteroatoms. The highest BCUT2D eigenvalue weighted by atomic mass is 16.2. The maximum atomic E-state index is 11.8. The average Bonchev–Trinajstić information content (AvgIpc) is 2.41. The summed E-state index contributed by atoms with van der Waals surface area (Å²) in [7, 11) is 3.58. The Balaban J connectivity index is 2.62. The molecular weight excluding hydrogens is 252 g/mol. The van der Waals surface area contributed by atoms with Gasteiger partial charge in [0.25, 0.3) is 0 Å². The summed E-state index contributed by atoms with van der Waals surface area (Å²) in [4.78, 5) is 20.0. The zero-order chi connectivity index (χ0) is 15.0. The van der Waals surface area contributed by atoms with Crippen molar-refractivity contribution in [2.45, 2.75) is 26.8 Å². The van der Waals surface area contributed by atoms with Crippen LogP contribution in [0.1, 0.15) is 25.8 Å². The molecule has 1 rings (SSSR count). The fraction of sp³-hybridized carbons (Fsp3) is 0.600. The van der Waals surface area contributed by atoms with Gasteiger partial charge in [0.05, 0.1) is 6.54 Å². The number of hydrogen-bond donors (Lipinski definition) is 1. The van der Waals surface area contributed by atoms with Gasteiger partial charge in [0.1, 0.15) is 5.82 Å². The Bertz CT molecular complexity index is 403. The molecule has 0 spiro atoms. The van der Waals surface area contributed by atoms with E-state index in [2.05, 4.69) is 28.2 Å². The molecule has 0 atom stereocenters. The van der Waals surface area contributed by atoms with Crippen LogP contribution >= 0.6 is 0 Å². The highest BCUT2D eigenvalue weighted by molar-refractivity contribution is 5.77. The van der Waals surface area contributed by atoms with Crippen LogP contribution in [0, 0.1) is 0 Å². The van der Waals surface area contributed by atoms with Crippen molar-refractivity contribution >= 4 is 11.7 Å². The number of nitrogens with zero attached hydrogens (tertiary/aromatic N) is 3. The van der Waals surface area contributed by atoms with E-state index in [0.29, 0.717) is 6.54 Å². The number of nitrogens with one attached hydrogen (secondary N) is 1. The molecule has 1 amide bonds. The van der Waals surface area contributed by atoms with E-state index in [4.69, 9.17) is 0 Å². The summed E-state index contributed by atoms with van der Waals surface area (Å²) >= 11 is 0. The lowest BCUT2D eigenvalue weighted by atomic mass is 10.2. The zero-order valence-electron chi connectivity index (χ0n) is 13.0. The van der Waals surface area contributed by atoms with Crippen LogP contribution in [-0.2, 0) is 11.3 Å². The van der Waals surface area contributed by atoms with Gasteiger partial charge in [-0.05, 0) is 31.5 Å². The minimum absolute atomic E-state index is 0.135. The second-order valence-electron chi connectivity index (χ2n) is 5.08. The van der Waals surface area contributed by atoms with Gasteiger partial charge in [0, 0.05) is 33.4 Å². The van der Waals surface area contributed by atoms with E-state index in [-0.39, 0.29) is 5.91 Å². The molecule has 0 bridgehead atoms. The first kappa shape index (κ1) is 16.4. The van der Waals surface area contributed by atoms with Crippen LogP contribution < -0.4 is 5.32 Å². The second kappa shape index (κ2) is 8.53. The Kier molecular flexibility index (Phi) is 7.01. The summed E-state index contributed by atoms with van der Waals surface area (Å²) < 4.78 is 0. The Morgan fingerprint density at radius 1 is 1.30 bits per heavy atom. The SMILES string of the molecule is CCCN(CC(=O)N(C)C)Cc1ccc(NCC)nc1. The molecule has 0 fully saturated rings. The molecule has 0 aliphatic rings. The summed E-state index contributed by atoms with van der Waals surface area (Å²) in [5, 5.41) is 3.17. The molecule has 0 aliphatic heterocycles. The normalized spacial score (nSPS) is 10.7. The van der Waals surface area contributed by atoms with Crippen molar-refractivity contribution in [3.05, 3.63) is 23.9 Å². The van der Waals surface area contributed by atoms with Gasteiger partial charge in [-0.3, -0.25) is 9.69 Å². The van der Waals surface area contributed by atoms with E-state index in [9.17, 15) is 4.79 Å². The third-order valence-corrected chi connectivity index (χ3v) is 2.99. The highest BCUT2D eigenvalue weighted by Gasteiger charge is 2.12. The Morgan fingerprint density at radius 3 is 2.55 bits per heavy atom. The lowest BCUT2D eigenvalue weighted by Gasteiger charge is -2.23. The number of anilines is 1. The van der Waals surface area contributed by atoms with Crippen LogP contribution in [0.2, 0.25) is 0 Å². The largest absolute Gasteiger partial charge is 0.370 e. The zero-order valence-corrected chi connectivity index (χ0v) is 13.0. The molecule has 0 saturated carbocycles. The third-order valence-electron chi connectivity index (χ3n) is 2.99. The molecule has 112 valence electrons. The Hall–Kier alpha value is -1.62. The summed E-state index contributed by atoms with van der Waals surface area (Å²) in [5.41, 5.74) is 1.13. The van der Waals surface area contributed by atoms with Crippen LogP contribution in [0.3, 0.4) is 0 Å². The number of carbonyl (C=O) groups is 1. The van der Waals surface area contributed by atoms with E-state index < -0.39 is 0 Å². The number of rotatable bonds is 8. The smallest absolute Gasteiger partial charge is 0.236 e. The number of amides is 1. The third kappa shape index (κ3) is 5.57. The Morgan fingerprint density at radius 2 is 2.05 bits per heavy atom. The standard InChI is InChI=1S/C15H26N4O/c1-5-9-19(12-15(20)18(3)4)11-13-7-8-14(16-6-2)17-10-13/h7-8,10H,5-6,9,11-12H2,1-4H3,(H,16,17). The summed E-state index contributed by atoms with van der Waals surface area (Å²) in [6, 6.07) is 4.05. The predicted molar refractivity (Wildman–Crippen MR) is 82.7 cm³/mol. The first-order valence-corrected chi connectivity index (χ1v) is 7.18. The topological polar surface area (TPSA) is 48.5 Å². The molecule has 0 radical (unpaired) electrons. The van der Waals surface area contributed by atoms with Crippen molar-refractivity contribution in [2.24, 2.45) is 0 Å². The maximum absolute atomic E-state index is 11.8. The maximum Gasteiger partial charge on any atom is 0.236 e. The van der Waals surface area contributed by atoms with Crippen molar-refractivity contribution in [3.8, 4) is 0 Å². The lowest BCUT2D eigenvalue weighted by Crippen LogP contribution is -2.36. The number of likely N-dealkylation sites (N-methyl/N-ethyl adjacent to an activating group) is 1. The molecule has 0 saturated heterocycles. The molecule has 1 aromatic rings. The molecule has 5 nitrogen and oxygen atoms in total. The summed E-state index contributed by atoms with van der Waals surface area (Å²) in [5.74, 6) is 1.03. The quantitative estimate of drug-likeness (QED) is 0.788. The van der Waals surface area contributed by atoms with Gasteiger partial charge in [0.15, 0.2) is 0 Å². The minimum Gasteiger partial charge on any atom is -0.370 e. The lowest BCUT2D eigenvalue weighted by molar-refractivity contribution is -0.130. The van der Waals surface area contributed by atoms with Crippen LogP contribution in [0.25, 0.3) is 0 Å². The van der Waals surface area contributed by atoms with Crippen LogP contribution in [0.5, 0.6) is 0 Å². The van der Waals surface area contributed by atoms with Gasteiger partial charge < -0.3 is 10.2 Å². The average molecular weight is 278 g/mol. The van der Waals surface area contributed by atoms with E-state index in [1.807, 2.05) is 19.2 Å². The molecule has 1 aromatic heterocycles. The second-order valence-corrected chi connectivity index (χ2v) is 5.08. The van der Waals surface area contributed by atoms with Gasteiger partial charge in [0.2, 0.25) is 5.91 Å². The van der Waals surface area contributed by atoms with Crippen molar-refractivity contribution in [3.63, 3.8) is 0 Å². The number of pyridine rings is 1. The highest BCUT2D eigenvalue weighted by Crippen LogP contribution is 2.08. The molecule has 0 aliphatic carbocycles. The summed E-state index contributed by atoms with van der Waals surface area (Å²) in [6.07, 6.45) is 2.91. The fourth-order valence-electron chi connectivity index (χ4n) is 1.92. The van der Waals surface area contributed by atoms with Gasteiger partial charge >= 0.3 is 0 Å². The van der Waals surface area contributed by atoms with Gasteiger partial charge in [-0.2, -0.15) is 0 Å². The van der Waals surface area contributed by atoms with Crippen LogP contribution in [-0.4, -0.2) is 54.4 Å². The first-order chi connectivity index (χ1) is 9.56. The van der Waals surface area contributed by atoms with Gasteiger partial charge in [-0.15, -0.1) is 0 Å². The van der Waals surface area contributed by atoms with E-state index in [0.717, 1.165) is 37.4 Å². The van der Waals surface area contributed by atoms with E-state index >= 15 is 0 Å². The molecule has 0 unspecified atom stereocenters. The molecular formula is C15H26N4O. The first-order valence-electron chi connectivity index (χ1n) is 7.18.